The van der Waals surface area contributed by atoms with E-state index in [0.717, 1.165) is 0 Å². The molecule has 0 spiro atoms. The van der Waals surface area contributed by atoms with Gasteiger partial charge in [-0.2, -0.15) is 0 Å². The first-order valence-electron chi connectivity index (χ1n) is 5.06. The summed E-state index contributed by atoms with van der Waals surface area (Å²) in [5.74, 6) is 0. The first-order valence-corrected chi connectivity index (χ1v) is 5.06. The van der Waals surface area contributed by atoms with Crippen LogP contribution in [-0.4, -0.2) is 4.57 Å². The highest BCUT2D eigenvalue weighted by Crippen LogP contribution is 2.21. The maximum absolute atomic E-state index is 2.16. The third kappa shape index (κ3) is 1.33. The largest absolute Gasteiger partial charge is 0.323 e. The molecule has 1 nitrogen and oxygen atoms in total. The van der Waals surface area contributed by atoms with Gasteiger partial charge in [0.15, 0.2) is 0 Å². The van der Waals surface area contributed by atoms with Crippen LogP contribution in [0.3, 0.4) is 0 Å². The van der Waals surface area contributed by atoms with Crippen LogP contribution in [0.4, 0.5) is 0 Å². The third-order valence-electron chi connectivity index (χ3n) is 2.65. The molecule has 3 rings (SSSR count). The topological polar surface area (TPSA) is 4.93 Å². The standard InChI is InChI=1S/C14H11N/c1-2-8-13-12(6-1)7-5-9-14(13)15-10-3-4-11-15/h1-11H. The predicted octanol–water partition coefficient (Wildman–Crippen LogP) is 3.63. The zero-order chi connectivity index (χ0) is 10.1. The van der Waals surface area contributed by atoms with Crippen LogP contribution < -0.4 is 0 Å². The van der Waals surface area contributed by atoms with E-state index in [1.807, 2.05) is 12.1 Å². The molecule has 0 saturated carbocycles. The van der Waals surface area contributed by atoms with Gasteiger partial charge in [0.25, 0.3) is 0 Å². The quantitative estimate of drug-likeness (QED) is 0.556. The Labute approximate surface area is 88.6 Å². The summed E-state index contributed by atoms with van der Waals surface area (Å²) in [7, 11) is 0. The molecule has 1 heteroatoms. The Balaban J connectivity index is 2.36. The van der Waals surface area contributed by atoms with Gasteiger partial charge in [0, 0.05) is 17.8 Å². The van der Waals surface area contributed by atoms with Crippen molar-refractivity contribution in [2.45, 2.75) is 0 Å². The second-order valence-electron chi connectivity index (χ2n) is 3.59. The number of hydrogen-bond acceptors (Lipinski definition) is 0. The van der Waals surface area contributed by atoms with Crippen molar-refractivity contribution < 1.29 is 0 Å². The number of fused-ring (bicyclic) bond motifs is 1. The Bertz CT molecular complexity index is 574. The molecule has 3 aromatic rings. The van der Waals surface area contributed by atoms with E-state index < -0.39 is 0 Å². The van der Waals surface area contributed by atoms with Crippen LogP contribution in [0, 0.1) is 0 Å². The molecule has 72 valence electrons. The van der Waals surface area contributed by atoms with Gasteiger partial charge in [0.1, 0.15) is 0 Å². The van der Waals surface area contributed by atoms with Gasteiger partial charge < -0.3 is 4.57 Å². The van der Waals surface area contributed by atoms with Gasteiger partial charge in [-0.25, -0.2) is 0 Å². The smallest absolute Gasteiger partial charge is 0.0527 e. The summed E-state index contributed by atoms with van der Waals surface area (Å²) in [6.45, 7) is 0. The lowest BCUT2D eigenvalue weighted by molar-refractivity contribution is 1.09. The molecule has 0 fully saturated rings. The molecule has 0 bridgehead atoms. The highest BCUT2D eigenvalue weighted by Gasteiger charge is 1.99. The second kappa shape index (κ2) is 3.28. The van der Waals surface area contributed by atoms with Crippen LogP contribution in [0.2, 0.25) is 0 Å². The van der Waals surface area contributed by atoms with Crippen molar-refractivity contribution in [2.75, 3.05) is 0 Å². The number of hydrogen-bond donors (Lipinski definition) is 0. The van der Waals surface area contributed by atoms with Gasteiger partial charge >= 0.3 is 0 Å². The van der Waals surface area contributed by atoms with Gasteiger partial charge in [-0.3, -0.25) is 0 Å². The average molecular weight is 193 g/mol. The monoisotopic (exact) mass is 193 g/mol. The Morgan fingerprint density at radius 2 is 1.40 bits per heavy atom. The van der Waals surface area contributed by atoms with Gasteiger partial charge in [0.05, 0.1) is 5.69 Å². The first kappa shape index (κ1) is 8.30. The third-order valence-corrected chi connectivity index (χ3v) is 2.65. The molecule has 0 N–H and O–H groups in total. The summed E-state index contributed by atoms with van der Waals surface area (Å²) in [5, 5.41) is 2.57. The van der Waals surface area contributed by atoms with Gasteiger partial charge in [-0.1, -0.05) is 36.4 Å². The Morgan fingerprint density at radius 3 is 2.27 bits per heavy atom. The highest BCUT2D eigenvalue weighted by atomic mass is 14.9. The van der Waals surface area contributed by atoms with Crippen LogP contribution >= 0.6 is 0 Å². The number of rotatable bonds is 1. The minimum Gasteiger partial charge on any atom is -0.323 e. The predicted molar refractivity (Wildman–Crippen MR) is 63.3 cm³/mol. The van der Waals surface area contributed by atoms with Crippen LogP contribution in [0.25, 0.3) is 16.5 Å². The Morgan fingerprint density at radius 1 is 0.667 bits per heavy atom. The van der Waals surface area contributed by atoms with E-state index in [9.17, 15) is 0 Å². The summed E-state index contributed by atoms with van der Waals surface area (Å²) in [6, 6.07) is 18.9. The molecule has 0 aliphatic carbocycles. The molecule has 0 radical (unpaired) electrons. The van der Waals surface area contributed by atoms with Crippen molar-refractivity contribution in [3.63, 3.8) is 0 Å². The van der Waals surface area contributed by atoms with E-state index in [1.54, 1.807) is 0 Å². The van der Waals surface area contributed by atoms with Crippen molar-refractivity contribution in [1.29, 1.82) is 0 Å². The van der Waals surface area contributed by atoms with Gasteiger partial charge in [0.2, 0.25) is 0 Å². The van der Waals surface area contributed by atoms with Crippen molar-refractivity contribution in [3.05, 3.63) is 67.0 Å². The van der Waals surface area contributed by atoms with Crippen molar-refractivity contribution in [3.8, 4) is 5.69 Å². The lowest BCUT2D eigenvalue weighted by Gasteiger charge is -2.07. The van der Waals surface area contributed by atoms with E-state index in [1.165, 1.54) is 16.5 Å². The summed E-state index contributed by atoms with van der Waals surface area (Å²) >= 11 is 0. The fourth-order valence-corrected chi connectivity index (χ4v) is 1.93. The summed E-state index contributed by atoms with van der Waals surface area (Å²) in [6.07, 6.45) is 4.14. The van der Waals surface area contributed by atoms with Crippen LogP contribution in [0.1, 0.15) is 0 Å². The fourth-order valence-electron chi connectivity index (χ4n) is 1.93. The van der Waals surface area contributed by atoms with Crippen molar-refractivity contribution >= 4 is 10.8 Å². The van der Waals surface area contributed by atoms with Gasteiger partial charge in [-0.05, 0) is 23.6 Å². The summed E-state index contributed by atoms with van der Waals surface area (Å²) in [5.41, 5.74) is 1.23. The van der Waals surface area contributed by atoms with E-state index in [4.69, 9.17) is 0 Å². The Hall–Kier alpha value is -2.02. The molecule has 0 amide bonds. The summed E-state index contributed by atoms with van der Waals surface area (Å²) in [4.78, 5) is 0. The molecule has 0 unspecified atom stereocenters. The number of nitrogens with zero attached hydrogens (tertiary/aromatic N) is 1. The van der Waals surface area contributed by atoms with Crippen molar-refractivity contribution in [1.82, 2.24) is 4.57 Å². The van der Waals surface area contributed by atoms with Crippen LogP contribution in [0.15, 0.2) is 67.0 Å². The molecule has 0 aliphatic rings. The number of aromatic nitrogens is 1. The lowest BCUT2D eigenvalue weighted by Crippen LogP contribution is -1.90. The van der Waals surface area contributed by atoms with Crippen LogP contribution in [-0.2, 0) is 0 Å². The van der Waals surface area contributed by atoms with Gasteiger partial charge in [-0.15, -0.1) is 0 Å². The SMILES string of the molecule is c1ccc2c(-n3cccc3)cccc2c1. The van der Waals surface area contributed by atoms with E-state index in [-0.39, 0.29) is 0 Å². The summed E-state index contributed by atoms with van der Waals surface area (Å²) < 4.78 is 2.14. The minimum absolute atomic E-state index is 1.23. The maximum Gasteiger partial charge on any atom is 0.0527 e. The molecule has 0 atom stereocenters. The molecular formula is C14H11N. The molecule has 1 heterocycles. The average Bonchev–Trinajstić information content (AvgIpc) is 2.82. The zero-order valence-electron chi connectivity index (χ0n) is 8.30. The molecular weight excluding hydrogens is 182 g/mol. The van der Waals surface area contributed by atoms with E-state index >= 15 is 0 Å². The van der Waals surface area contributed by atoms with E-state index in [0.29, 0.717) is 0 Å². The normalized spacial score (nSPS) is 10.7. The molecule has 0 aliphatic heterocycles. The van der Waals surface area contributed by atoms with E-state index in [2.05, 4.69) is 59.4 Å². The first-order chi connectivity index (χ1) is 7.45. The lowest BCUT2D eigenvalue weighted by atomic mass is 10.1. The fraction of sp³-hybridized carbons (Fsp3) is 0. The zero-order valence-corrected chi connectivity index (χ0v) is 8.30. The molecule has 0 saturated heterocycles. The molecule has 15 heavy (non-hydrogen) atoms. The minimum atomic E-state index is 1.23. The Kier molecular flexibility index (Phi) is 1.82. The van der Waals surface area contributed by atoms with Crippen LogP contribution in [0.5, 0.6) is 0 Å². The molecule has 1 aromatic heterocycles. The second-order valence-corrected chi connectivity index (χ2v) is 3.59. The highest BCUT2D eigenvalue weighted by molar-refractivity contribution is 5.90. The van der Waals surface area contributed by atoms with Crippen molar-refractivity contribution in [2.24, 2.45) is 0 Å². The maximum atomic E-state index is 2.16. The number of benzene rings is 2. The molecule has 2 aromatic carbocycles.